The minimum Gasteiger partial charge on any atom is -0.310 e. The van der Waals surface area contributed by atoms with E-state index < -0.39 is 0 Å². The highest BCUT2D eigenvalue weighted by atomic mass is 19.1. The highest BCUT2D eigenvalue weighted by Crippen LogP contribution is 2.56. The number of anilines is 6. The maximum absolute atomic E-state index is 15.3. The van der Waals surface area contributed by atoms with Crippen LogP contribution in [0.3, 0.4) is 0 Å². The largest absolute Gasteiger partial charge is 0.310 e. The maximum Gasteiger partial charge on any atom is 0.125 e. The minimum absolute atomic E-state index is 0.292. The van der Waals surface area contributed by atoms with Gasteiger partial charge in [-0.1, -0.05) is 158 Å². The lowest BCUT2D eigenvalue weighted by atomic mass is 9.89. The normalized spacial score (nSPS) is 12.0. The molecule has 0 fully saturated rings. The summed E-state index contributed by atoms with van der Waals surface area (Å²) in [6.45, 7) is 0. The Kier molecular flexibility index (Phi) is 8.69. The van der Waals surface area contributed by atoms with E-state index in [2.05, 4.69) is 176 Å². The first-order valence-corrected chi connectivity index (χ1v) is 24.3. The zero-order valence-electron chi connectivity index (χ0n) is 38.6. The molecule has 4 nitrogen and oxygen atoms in total. The van der Waals surface area contributed by atoms with Crippen molar-refractivity contribution in [2.75, 3.05) is 9.80 Å². The van der Waals surface area contributed by atoms with Crippen LogP contribution in [0.25, 0.3) is 98.4 Å². The average Bonchev–Trinajstić information content (AvgIpc) is 4.17. The molecule has 0 aliphatic carbocycles. The van der Waals surface area contributed by atoms with Crippen molar-refractivity contribution in [3.05, 3.63) is 254 Å². The molecule has 15 rings (SSSR count). The van der Waals surface area contributed by atoms with Gasteiger partial charge in [0.15, 0.2) is 0 Å². The van der Waals surface area contributed by atoms with E-state index in [-0.39, 0.29) is 11.6 Å². The van der Waals surface area contributed by atoms with Crippen LogP contribution in [-0.2, 0) is 0 Å². The monoisotopic (exact) mass is 926 g/mol. The van der Waals surface area contributed by atoms with Crippen LogP contribution in [-0.4, -0.2) is 8.80 Å². The molecule has 72 heavy (non-hydrogen) atoms. The van der Waals surface area contributed by atoms with Crippen molar-refractivity contribution in [3.8, 4) is 22.3 Å². The number of nitrogens with zero attached hydrogens (tertiary/aromatic N) is 4. The lowest BCUT2D eigenvalue weighted by Crippen LogP contribution is -2.10. The molecule has 0 radical (unpaired) electrons. The zero-order valence-corrected chi connectivity index (χ0v) is 38.6. The van der Waals surface area contributed by atoms with Crippen molar-refractivity contribution in [1.29, 1.82) is 0 Å². The molecule has 0 bridgehead atoms. The van der Waals surface area contributed by atoms with E-state index in [1.165, 1.54) is 22.9 Å². The number of aromatic nitrogens is 2. The molecule has 0 atom stereocenters. The molecule has 0 spiro atoms. The predicted molar refractivity (Wildman–Crippen MR) is 296 cm³/mol. The van der Waals surface area contributed by atoms with Crippen LogP contribution in [0.5, 0.6) is 0 Å². The van der Waals surface area contributed by atoms with Gasteiger partial charge in [-0.25, -0.2) is 8.78 Å². The van der Waals surface area contributed by atoms with E-state index in [0.29, 0.717) is 0 Å². The molecule has 0 N–H and O–H groups in total. The van der Waals surface area contributed by atoms with Crippen LogP contribution in [0.4, 0.5) is 42.9 Å². The molecule has 4 heterocycles. The van der Waals surface area contributed by atoms with Gasteiger partial charge in [0, 0.05) is 77.0 Å². The van der Waals surface area contributed by atoms with Gasteiger partial charge in [-0.15, -0.1) is 0 Å². The van der Waals surface area contributed by atoms with Crippen molar-refractivity contribution >= 4 is 110 Å². The van der Waals surface area contributed by atoms with Gasteiger partial charge in [-0.2, -0.15) is 0 Å². The number of fused-ring (bicyclic) bond motifs is 12. The van der Waals surface area contributed by atoms with Gasteiger partial charge in [-0.3, -0.25) is 0 Å². The smallest absolute Gasteiger partial charge is 0.125 e. The molecule has 4 aromatic heterocycles. The SMILES string of the molecule is Fc1cccc(N(c2ccccc2)c2cccc3c2c2cccc4c5c(-c6ccccc6)c6c(c(-c7ccccc7)c5n3c24)c2cccc3c4c(N(c5ccccc5)c5cccc(F)c5)cccc4n6c32)c1. The van der Waals surface area contributed by atoms with E-state index in [1.54, 1.807) is 24.3 Å². The van der Waals surface area contributed by atoms with Crippen molar-refractivity contribution in [2.45, 2.75) is 0 Å². The fourth-order valence-corrected chi connectivity index (χ4v) is 12.1. The summed E-state index contributed by atoms with van der Waals surface area (Å²) in [5, 5.41) is 9.02. The highest BCUT2D eigenvalue weighted by molar-refractivity contribution is 6.39. The predicted octanol–water partition coefficient (Wildman–Crippen LogP) is 18.5. The summed E-state index contributed by atoms with van der Waals surface area (Å²) in [5.41, 5.74) is 16.5. The van der Waals surface area contributed by atoms with Gasteiger partial charge in [0.25, 0.3) is 0 Å². The standard InChI is InChI=1S/C66H40F2N4/c67-43-23-13-29-47(39-43)69(45-25-9-3-10-26-45)53-35-17-37-55-59(53)50-32-16-34-52-62-58(42-21-7-2-8-22-42)66-61(57(41-19-5-1-6-20-41)65(62)71(55)64(50)52)51-33-15-31-49-60-54(36-18-38-56(60)72(66)63(49)51)70(46-27-11-4-12-28-46)48-30-14-24-44(68)40-48/h1-40H. The number of hydrogen-bond acceptors (Lipinski definition) is 2. The van der Waals surface area contributed by atoms with Gasteiger partial charge >= 0.3 is 0 Å². The fourth-order valence-electron chi connectivity index (χ4n) is 12.1. The summed E-state index contributed by atoms with van der Waals surface area (Å²) in [4.78, 5) is 4.36. The Balaban J connectivity index is 1.15. The van der Waals surface area contributed by atoms with Gasteiger partial charge in [0.2, 0.25) is 0 Å². The molecule has 0 aliphatic heterocycles. The zero-order chi connectivity index (χ0) is 47.6. The van der Waals surface area contributed by atoms with Gasteiger partial charge < -0.3 is 18.6 Å². The van der Waals surface area contributed by atoms with E-state index in [4.69, 9.17) is 0 Å². The molecule has 15 aromatic rings. The van der Waals surface area contributed by atoms with Crippen LogP contribution < -0.4 is 9.80 Å². The Labute approximate surface area is 412 Å². The van der Waals surface area contributed by atoms with Crippen LogP contribution >= 0.6 is 0 Å². The molecule has 0 saturated heterocycles. The topological polar surface area (TPSA) is 15.3 Å². The summed E-state index contributed by atoms with van der Waals surface area (Å²) >= 11 is 0. The Hall–Kier alpha value is -9.52. The number of benzene rings is 11. The second kappa shape index (κ2) is 15.5. The van der Waals surface area contributed by atoms with Gasteiger partial charge in [-0.05, 0) is 96.1 Å². The second-order valence-corrected chi connectivity index (χ2v) is 18.6. The Morgan fingerprint density at radius 1 is 0.278 bits per heavy atom. The third-order valence-electron chi connectivity index (χ3n) is 14.8. The second-order valence-electron chi connectivity index (χ2n) is 18.6. The number of para-hydroxylation sites is 4. The summed E-state index contributed by atoms with van der Waals surface area (Å²) in [6, 6.07) is 82.5. The van der Waals surface area contributed by atoms with Crippen molar-refractivity contribution < 1.29 is 8.78 Å². The first-order chi connectivity index (χ1) is 35.6. The quantitative estimate of drug-likeness (QED) is 0.151. The fraction of sp³-hybridized carbons (Fsp3) is 0. The number of hydrogen-bond donors (Lipinski definition) is 0. The van der Waals surface area contributed by atoms with E-state index in [9.17, 15) is 0 Å². The van der Waals surface area contributed by atoms with Crippen LogP contribution in [0.2, 0.25) is 0 Å². The number of halogens is 2. The third kappa shape index (κ3) is 5.66. The highest BCUT2D eigenvalue weighted by Gasteiger charge is 2.32. The maximum atomic E-state index is 15.3. The lowest BCUT2D eigenvalue weighted by Gasteiger charge is -2.26. The lowest BCUT2D eigenvalue weighted by molar-refractivity contribution is 0.627. The first kappa shape index (κ1) is 40.4. The summed E-state index contributed by atoms with van der Waals surface area (Å²) in [5.74, 6) is -0.584. The summed E-state index contributed by atoms with van der Waals surface area (Å²) in [6.07, 6.45) is 0. The molecule has 0 saturated carbocycles. The van der Waals surface area contributed by atoms with E-state index in [1.807, 2.05) is 48.5 Å². The van der Waals surface area contributed by atoms with Crippen LogP contribution in [0, 0.1) is 11.6 Å². The molecular weight excluding hydrogens is 887 g/mol. The van der Waals surface area contributed by atoms with Crippen LogP contribution in [0.15, 0.2) is 243 Å². The Morgan fingerprint density at radius 3 is 1.00 bits per heavy atom. The molecule has 6 heteroatoms. The van der Waals surface area contributed by atoms with Crippen molar-refractivity contribution in [3.63, 3.8) is 0 Å². The minimum atomic E-state index is -0.292. The summed E-state index contributed by atoms with van der Waals surface area (Å²) < 4.78 is 35.5. The molecule has 11 aromatic carbocycles. The Bertz CT molecular complexity index is 4290. The average molecular weight is 927 g/mol. The third-order valence-corrected chi connectivity index (χ3v) is 14.8. The van der Waals surface area contributed by atoms with E-state index in [0.717, 1.165) is 122 Å². The molecule has 338 valence electrons. The number of rotatable bonds is 8. The molecule has 0 amide bonds. The molecule has 0 unspecified atom stereocenters. The first-order valence-electron chi connectivity index (χ1n) is 24.3. The van der Waals surface area contributed by atoms with Crippen molar-refractivity contribution in [2.24, 2.45) is 0 Å². The van der Waals surface area contributed by atoms with Gasteiger partial charge in [0.05, 0.1) is 44.5 Å². The summed E-state index contributed by atoms with van der Waals surface area (Å²) in [7, 11) is 0. The van der Waals surface area contributed by atoms with Crippen LogP contribution in [0.1, 0.15) is 0 Å². The molecule has 0 aliphatic rings. The van der Waals surface area contributed by atoms with Crippen molar-refractivity contribution in [1.82, 2.24) is 8.80 Å². The Morgan fingerprint density at radius 2 is 0.611 bits per heavy atom. The van der Waals surface area contributed by atoms with Gasteiger partial charge in [0.1, 0.15) is 11.6 Å². The molecular formula is C66H40F2N4. The van der Waals surface area contributed by atoms with E-state index >= 15 is 8.78 Å².